The second kappa shape index (κ2) is 11.9. The number of carboxylic acid groups (broad SMARTS) is 2. The van der Waals surface area contributed by atoms with Crippen LogP contribution in [0.15, 0.2) is 59.1 Å². The molecule has 2 N–H and O–H groups in total. The van der Waals surface area contributed by atoms with E-state index in [-0.39, 0.29) is 12.5 Å². The van der Waals surface area contributed by atoms with E-state index in [2.05, 4.69) is 39.0 Å². The Kier molecular flexibility index (Phi) is 9.30. The van der Waals surface area contributed by atoms with Gasteiger partial charge in [-0.15, -0.1) is 0 Å². The van der Waals surface area contributed by atoms with Gasteiger partial charge in [-0.25, -0.2) is 9.59 Å². The molecule has 0 atom stereocenters. The van der Waals surface area contributed by atoms with Crippen LogP contribution in [0.4, 0.5) is 0 Å². The Balaban J connectivity index is 0.000000469. The van der Waals surface area contributed by atoms with Gasteiger partial charge < -0.3 is 19.8 Å². The number of amides is 1. The number of piperazine rings is 1. The molecular formula is C21H23BrN2O6. The van der Waals surface area contributed by atoms with Crippen LogP contribution in [0, 0.1) is 0 Å². The van der Waals surface area contributed by atoms with Crippen LogP contribution >= 0.6 is 15.9 Å². The van der Waals surface area contributed by atoms with Gasteiger partial charge >= 0.3 is 11.9 Å². The molecular weight excluding hydrogens is 456 g/mol. The van der Waals surface area contributed by atoms with E-state index in [1.807, 2.05) is 41.3 Å². The molecule has 1 aliphatic rings. The van der Waals surface area contributed by atoms with Crippen molar-refractivity contribution in [3.8, 4) is 5.75 Å². The SMILES string of the molecule is O=C(COc1ccccc1)N1CCN(Cc2cccc(Br)c2)CC1.O=C(O)C(=O)O. The Morgan fingerprint density at radius 2 is 1.53 bits per heavy atom. The van der Waals surface area contributed by atoms with Gasteiger partial charge in [0.2, 0.25) is 0 Å². The summed E-state index contributed by atoms with van der Waals surface area (Å²) in [7, 11) is 0. The van der Waals surface area contributed by atoms with Crippen LogP contribution in [-0.2, 0) is 20.9 Å². The molecule has 0 spiro atoms. The Bertz CT molecular complexity index is 842. The first kappa shape index (κ1) is 23.4. The van der Waals surface area contributed by atoms with Gasteiger partial charge in [-0.3, -0.25) is 9.69 Å². The minimum atomic E-state index is -1.82. The molecule has 0 radical (unpaired) electrons. The van der Waals surface area contributed by atoms with Crippen LogP contribution in [0.2, 0.25) is 0 Å². The Morgan fingerprint density at radius 3 is 2.10 bits per heavy atom. The monoisotopic (exact) mass is 478 g/mol. The van der Waals surface area contributed by atoms with E-state index in [0.717, 1.165) is 42.9 Å². The van der Waals surface area contributed by atoms with Crippen LogP contribution in [0.1, 0.15) is 5.56 Å². The van der Waals surface area contributed by atoms with Crippen LogP contribution < -0.4 is 4.74 Å². The number of para-hydroxylation sites is 1. The van der Waals surface area contributed by atoms with Crippen molar-refractivity contribution in [2.45, 2.75) is 6.54 Å². The third kappa shape index (κ3) is 8.22. The van der Waals surface area contributed by atoms with Crippen LogP contribution in [0.25, 0.3) is 0 Å². The Hall–Kier alpha value is -2.91. The highest BCUT2D eigenvalue weighted by atomic mass is 79.9. The summed E-state index contributed by atoms with van der Waals surface area (Å²) in [4.78, 5) is 34.7. The van der Waals surface area contributed by atoms with Crippen molar-refractivity contribution in [1.82, 2.24) is 9.80 Å². The molecule has 0 unspecified atom stereocenters. The summed E-state index contributed by atoms with van der Waals surface area (Å²) in [5, 5.41) is 14.8. The minimum absolute atomic E-state index is 0.0564. The third-order valence-corrected chi connectivity index (χ3v) is 4.80. The van der Waals surface area contributed by atoms with E-state index in [1.165, 1.54) is 5.56 Å². The van der Waals surface area contributed by atoms with E-state index in [1.54, 1.807) is 0 Å². The summed E-state index contributed by atoms with van der Waals surface area (Å²) in [6, 6.07) is 17.8. The lowest BCUT2D eigenvalue weighted by Crippen LogP contribution is -2.49. The average molecular weight is 479 g/mol. The fraction of sp³-hybridized carbons (Fsp3) is 0.286. The van der Waals surface area contributed by atoms with Crippen molar-refractivity contribution in [2.24, 2.45) is 0 Å². The number of hydrogen-bond acceptors (Lipinski definition) is 5. The topological polar surface area (TPSA) is 107 Å². The normalized spacial score (nSPS) is 13.7. The van der Waals surface area contributed by atoms with Gasteiger partial charge in [-0.05, 0) is 29.8 Å². The van der Waals surface area contributed by atoms with Crippen molar-refractivity contribution < 1.29 is 29.3 Å². The largest absolute Gasteiger partial charge is 0.484 e. The molecule has 3 rings (SSSR count). The van der Waals surface area contributed by atoms with Crippen molar-refractivity contribution >= 4 is 33.8 Å². The number of nitrogens with zero attached hydrogens (tertiary/aromatic N) is 2. The summed E-state index contributed by atoms with van der Waals surface area (Å²) < 4.78 is 6.65. The molecule has 0 aromatic heterocycles. The maximum atomic E-state index is 12.3. The molecule has 1 amide bonds. The van der Waals surface area contributed by atoms with Gasteiger partial charge in [-0.1, -0.05) is 46.3 Å². The third-order valence-electron chi connectivity index (χ3n) is 4.31. The quantitative estimate of drug-likeness (QED) is 0.634. The maximum Gasteiger partial charge on any atom is 0.414 e. The van der Waals surface area contributed by atoms with E-state index < -0.39 is 11.9 Å². The number of rotatable bonds is 5. The van der Waals surface area contributed by atoms with Gasteiger partial charge in [0, 0.05) is 37.2 Å². The molecule has 0 bridgehead atoms. The van der Waals surface area contributed by atoms with E-state index in [9.17, 15) is 4.79 Å². The van der Waals surface area contributed by atoms with Gasteiger partial charge in [0.25, 0.3) is 5.91 Å². The van der Waals surface area contributed by atoms with E-state index in [4.69, 9.17) is 24.5 Å². The van der Waals surface area contributed by atoms with E-state index >= 15 is 0 Å². The first-order valence-electron chi connectivity index (χ1n) is 9.24. The number of carboxylic acids is 2. The maximum absolute atomic E-state index is 12.3. The summed E-state index contributed by atoms with van der Waals surface area (Å²) in [5.41, 5.74) is 1.29. The smallest absolute Gasteiger partial charge is 0.414 e. The fourth-order valence-electron chi connectivity index (χ4n) is 2.80. The Labute approximate surface area is 182 Å². The highest BCUT2D eigenvalue weighted by molar-refractivity contribution is 9.10. The number of ether oxygens (including phenoxy) is 1. The zero-order valence-electron chi connectivity index (χ0n) is 16.2. The number of carbonyl (C=O) groups is 3. The molecule has 30 heavy (non-hydrogen) atoms. The van der Waals surface area contributed by atoms with Crippen LogP contribution in [0.5, 0.6) is 5.75 Å². The molecule has 0 saturated carbocycles. The summed E-state index contributed by atoms with van der Waals surface area (Å²) in [6.07, 6.45) is 0. The first-order valence-corrected chi connectivity index (χ1v) is 10.0. The number of benzene rings is 2. The van der Waals surface area contributed by atoms with Gasteiger partial charge in [0.05, 0.1) is 0 Å². The van der Waals surface area contributed by atoms with Crippen molar-refractivity contribution in [3.63, 3.8) is 0 Å². The highest BCUT2D eigenvalue weighted by Crippen LogP contribution is 2.15. The van der Waals surface area contributed by atoms with Gasteiger partial charge in [0.1, 0.15) is 5.75 Å². The lowest BCUT2D eigenvalue weighted by atomic mass is 10.2. The van der Waals surface area contributed by atoms with Crippen LogP contribution in [-0.4, -0.2) is 70.6 Å². The summed E-state index contributed by atoms with van der Waals surface area (Å²) in [5.74, 6) is -2.86. The molecule has 0 aliphatic carbocycles. The zero-order chi connectivity index (χ0) is 21.9. The predicted molar refractivity (Wildman–Crippen MR) is 113 cm³/mol. The standard InChI is InChI=1S/C19H21BrN2O2.C2H2O4/c20-17-6-4-5-16(13-17)14-21-9-11-22(12-10-21)19(23)15-24-18-7-2-1-3-8-18;3-1(4)2(5)6/h1-8,13H,9-12,14-15H2;(H,3,4)(H,5,6). The fourth-order valence-corrected chi connectivity index (χ4v) is 3.25. The molecule has 1 aliphatic heterocycles. The second-order valence-corrected chi connectivity index (χ2v) is 7.41. The number of carbonyl (C=O) groups excluding carboxylic acids is 1. The summed E-state index contributed by atoms with van der Waals surface area (Å²) >= 11 is 3.51. The molecule has 2 aromatic carbocycles. The predicted octanol–water partition coefficient (Wildman–Crippen LogP) is 2.33. The van der Waals surface area contributed by atoms with Gasteiger partial charge in [0.15, 0.2) is 6.61 Å². The molecule has 8 nitrogen and oxygen atoms in total. The lowest BCUT2D eigenvalue weighted by molar-refractivity contribution is -0.159. The second-order valence-electron chi connectivity index (χ2n) is 6.50. The average Bonchev–Trinajstić information content (AvgIpc) is 2.74. The lowest BCUT2D eigenvalue weighted by Gasteiger charge is -2.34. The number of hydrogen-bond donors (Lipinski definition) is 2. The zero-order valence-corrected chi connectivity index (χ0v) is 17.8. The molecule has 1 heterocycles. The van der Waals surface area contributed by atoms with Gasteiger partial charge in [-0.2, -0.15) is 0 Å². The number of halogens is 1. The molecule has 1 saturated heterocycles. The summed E-state index contributed by atoms with van der Waals surface area (Å²) in [6.45, 7) is 4.32. The first-order chi connectivity index (χ1) is 14.3. The minimum Gasteiger partial charge on any atom is -0.484 e. The molecule has 2 aromatic rings. The van der Waals surface area contributed by atoms with Crippen molar-refractivity contribution in [1.29, 1.82) is 0 Å². The Morgan fingerprint density at radius 1 is 0.900 bits per heavy atom. The highest BCUT2D eigenvalue weighted by Gasteiger charge is 2.21. The number of aliphatic carboxylic acids is 2. The van der Waals surface area contributed by atoms with Crippen LogP contribution in [0.3, 0.4) is 0 Å². The molecule has 1 fully saturated rings. The molecule has 9 heteroatoms. The molecule has 160 valence electrons. The van der Waals surface area contributed by atoms with Crippen molar-refractivity contribution in [3.05, 3.63) is 64.6 Å². The van der Waals surface area contributed by atoms with Crippen molar-refractivity contribution in [2.75, 3.05) is 32.8 Å². The van der Waals surface area contributed by atoms with E-state index in [0.29, 0.717) is 0 Å².